The van der Waals surface area contributed by atoms with Crippen LogP contribution in [0.4, 0.5) is 5.69 Å². The highest BCUT2D eigenvalue weighted by molar-refractivity contribution is 5.94. The first-order chi connectivity index (χ1) is 8.66. The Hall–Kier alpha value is -1.55. The third kappa shape index (κ3) is 3.23. The zero-order valence-corrected chi connectivity index (χ0v) is 10.8. The zero-order chi connectivity index (χ0) is 13.0. The molecule has 1 aromatic carbocycles. The minimum Gasteiger partial charge on any atom is -0.478 e. The summed E-state index contributed by atoms with van der Waals surface area (Å²) in [6.45, 7) is 6.08. The molecule has 2 N–H and O–H groups in total. The highest BCUT2D eigenvalue weighted by atomic mass is 16.4. The van der Waals surface area contributed by atoms with Gasteiger partial charge < -0.3 is 15.3 Å². The molecule has 1 aliphatic rings. The van der Waals surface area contributed by atoms with Crippen LogP contribution in [0.1, 0.15) is 28.8 Å². The number of hydrogen-bond acceptors (Lipinski definition) is 3. The maximum atomic E-state index is 11.1. The second-order valence-electron chi connectivity index (χ2n) is 4.83. The number of aryl methyl sites for hydroxylation is 1. The number of carboxylic acids is 1. The van der Waals surface area contributed by atoms with Gasteiger partial charge in [-0.2, -0.15) is 0 Å². The van der Waals surface area contributed by atoms with Gasteiger partial charge in [-0.1, -0.05) is 6.07 Å². The average molecular weight is 248 g/mol. The second kappa shape index (κ2) is 5.87. The molecule has 1 aliphatic heterocycles. The fraction of sp³-hybridized carbons (Fsp3) is 0.500. The van der Waals surface area contributed by atoms with E-state index < -0.39 is 5.97 Å². The molecule has 4 heteroatoms. The van der Waals surface area contributed by atoms with E-state index in [1.807, 2.05) is 19.1 Å². The van der Waals surface area contributed by atoms with Crippen molar-refractivity contribution >= 4 is 11.7 Å². The van der Waals surface area contributed by atoms with Crippen molar-refractivity contribution in [3.63, 3.8) is 0 Å². The predicted octanol–water partition coefficient (Wildman–Crippen LogP) is 2.20. The molecule has 2 rings (SSSR count). The fourth-order valence-electron chi connectivity index (χ4n) is 2.35. The Morgan fingerprint density at radius 1 is 1.39 bits per heavy atom. The second-order valence-corrected chi connectivity index (χ2v) is 4.83. The molecule has 0 saturated carbocycles. The number of carboxylic acid groups (broad SMARTS) is 1. The summed E-state index contributed by atoms with van der Waals surface area (Å²) in [7, 11) is 0. The molecule has 0 radical (unpaired) electrons. The van der Waals surface area contributed by atoms with E-state index in [0.717, 1.165) is 24.3 Å². The summed E-state index contributed by atoms with van der Waals surface area (Å²) in [6.07, 6.45) is 2.57. The van der Waals surface area contributed by atoms with E-state index in [0.29, 0.717) is 5.56 Å². The summed E-state index contributed by atoms with van der Waals surface area (Å²) in [4.78, 5) is 13.5. The first kappa shape index (κ1) is 12.9. The van der Waals surface area contributed by atoms with Gasteiger partial charge in [-0.3, -0.25) is 0 Å². The molecule has 0 amide bonds. The van der Waals surface area contributed by atoms with Crippen molar-refractivity contribution in [1.29, 1.82) is 0 Å². The van der Waals surface area contributed by atoms with Gasteiger partial charge in [-0.05, 0) is 50.6 Å². The predicted molar refractivity (Wildman–Crippen MR) is 72.3 cm³/mol. The molecule has 4 nitrogen and oxygen atoms in total. The number of anilines is 1. The van der Waals surface area contributed by atoms with Gasteiger partial charge in [-0.25, -0.2) is 4.79 Å². The Morgan fingerprint density at radius 2 is 2.11 bits per heavy atom. The topological polar surface area (TPSA) is 52.6 Å². The van der Waals surface area contributed by atoms with Crippen LogP contribution >= 0.6 is 0 Å². The number of hydrogen-bond donors (Lipinski definition) is 2. The third-order valence-electron chi connectivity index (χ3n) is 3.35. The minimum atomic E-state index is -0.876. The number of likely N-dealkylation sites (tertiary alicyclic amines) is 1. The van der Waals surface area contributed by atoms with Gasteiger partial charge in [0.15, 0.2) is 0 Å². The molecule has 0 aromatic heterocycles. The van der Waals surface area contributed by atoms with E-state index in [1.54, 1.807) is 6.07 Å². The van der Waals surface area contributed by atoms with E-state index in [9.17, 15) is 4.79 Å². The van der Waals surface area contributed by atoms with Crippen molar-refractivity contribution in [2.24, 2.45) is 0 Å². The molecule has 98 valence electrons. The Morgan fingerprint density at radius 3 is 2.78 bits per heavy atom. The summed E-state index contributed by atoms with van der Waals surface area (Å²) in [6, 6.07) is 5.39. The monoisotopic (exact) mass is 248 g/mol. The van der Waals surface area contributed by atoms with Crippen molar-refractivity contribution in [2.75, 3.05) is 31.5 Å². The summed E-state index contributed by atoms with van der Waals surface area (Å²) >= 11 is 0. The lowest BCUT2D eigenvalue weighted by atomic mass is 10.1. The van der Waals surface area contributed by atoms with Gasteiger partial charge >= 0.3 is 5.97 Å². The number of rotatable bonds is 5. The summed E-state index contributed by atoms with van der Waals surface area (Å²) < 4.78 is 0. The zero-order valence-electron chi connectivity index (χ0n) is 10.8. The first-order valence-corrected chi connectivity index (χ1v) is 6.47. The van der Waals surface area contributed by atoms with Crippen LogP contribution in [0, 0.1) is 6.92 Å². The van der Waals surface area contributed by atoms with E-state index in [1.165, 1.54) is 25.9 Å². The number of benzene rings is 1. The standard InChI is InChI=1S/C14H20N2O2/c1-11-4-5-12(14(17)18)13(10-11)15-6-9-16-7-2-3-8-16/h4-5,10,15H,2-3,6-9H2,1H3,(H,17,18). The molecular formula is C14H20N2O2. The molecule has 18 heavy (non-hydrogen) atoms. The first-order valence-electron chi connectivity index (χ1n) is 6.47. The van der Waals surface area contributed by atoms with E-state index in [-0.39, 0.29) is 0 Å². The van der Waals surface area contributed by atoms with Gasteiger partial charge in [0, 0.05) is 18.8 Å². The van der Waals surface area contributed by atoms with Crippen LogP contribution in [0.5, 0.6) is 0 Å². The maximum absolute atomic E-state index is 11.1. The summed E-state index contributed by atoms with van der Waals surface area (Å²) in [5, 5.41) is 12.4. The van der Waals surface area contributed by atoms with E-state index in [2.05, 4.69) is 10.2 Å². The highest BCUT2D eigenvalue weighted by Gasteiger charge is 2.12. The Kier molecular flexibility index (Phi) is 4.20. The van der Waals surface area contributed by atoms with E-state index >= 15 is 0 Å². The fourth-order valence-corrected chi connectivity index (χ4v) is 2.35. The van der Waals surface area contributed by atoms with Gasteiger partial charge in [0.25, 0.3) is 0 Å². The molecule has 1 aromatic rings. The van der Waals surface area contributed by atoms with Crippen molar-refractivity contribution in [1.82, 2.24) is 4.90 Å². The quantitative estimate of drug-likeness (QED) is 0.838. The van der Waals surface area contributed by atoms with Crippen molar-refractivity contribution in [2.45, 2.75) is 19.8 Å². The van der Waals surface area contributed by atoms with Crippen LogP contribution < -0.4 is 5.32 Å². The Bertz CT molecular complexity index is 426. The van der Waals surface area contributed by atoms with Crippen LogP contribution in [0.15, 0.2) is 18.2 Å². The molecule has 1 saturated heterocycles. The van der Waals surface area contributed by atoms with Crippen molar-refractivity contribution < 1.29 is 9.90 Å². The molecule has 1 heterocycles. The maximum Gasteiger partial charge on any atom is 0.337 e. The molecular weight excluding hydrogens is 228 g/mol. The molecule has 0 spiro atoms. The van der Waals surface area contributed by atoms with Crippen molar-refractivity contribution in [3.8, 4) is 0 Å². The molecule has 0 bridgehead atoms. The largest absolute Gasteiger partial charge is 0.478 e. The SMILES string of the molecule is Cc1ccc(C(=O)O)c(NCCN2CCCC2)c1. The molecule has 1 fully saturated rings. The van der Waals surface area contributed by atoms with E-state index in [4.69, 9.17) is 5.11 Å². The molecule has 0 aliphatic carbocycles. The smallest absolute Gasteiger partial charge is 0.337 e. The van der Waals surface area contributed by atoms with Gasteiger partial charge in [0.1, 0.15) is 0 Å². The van der Waals surface area contributed by atoms with Crippen LogP contribution in [0.2, 0.25) is 0 Å². The van der Waals surface area contributed by atoms with Crippen molar-refractivity contribution in [3.05, 3.63) is 29.3 Å². The number of nitrogens with zero attached hydrogens (tertiary/aromatic N) is 1. The summed E-state index contributed by atoms with van der Waals surface area (Å²) in [5.41, 5.74) is 2.15. The van der Waals surface area contributed by atoms with Gasteiger partial charge in [-0.15, -0.1) is 0 Å². The highest BCUT2D eigenvalue weighted by Crippen LogP contribution is 2.17. The lowest BCUT2D eigenvalue weighted by Gasteiger charge is -2.16. The number of nitrogens with one attached hydrogen (secondary N) is 1. The molecule has 0 unspecified atom stereocenters. The van der Waals surface area contributed by atoms with Crippen LogP contribution in [-0.2, 0) is 0 Å². The average Bonchev–Trinajstić information content (AvgIpc) is 2.82. The third-order valence-corrected chi connectivity index (χ3v) is 3.35. The van der Waals surface area contributed by atoms with Crippen LogP contribution in [0.3, 0.4) is 0 Å². The number of carbonyl (C=O) groups is 1. The Balaban J connectivity index is 1.94. The van der Waals surface area contributed by atoms with Gasteiger partial charge in [0.05, 0.1) is 5.56 Å². The minimum absolute atomic E-state index is 0.349. The Labute approximate surface area is 108 Å². The summed E-state index contributed by atoms with van der Waals surface area (Å²) in [5.74, 6) is -0.876. The van der Waals surface area contributed by atoms with Crippen LogP contribution in [0.25, 0.3) is 0 Å². The normalized spacial score (nSPS) is 15.8. The molecule has 0 atom stereocenters. The lowest BCUT2D eigenvalue weighted by molar-refractivity contribution is 0.0698. The lowest BCUT2D eigenvalue weighted by Crippen LogP contribution is -2.26. The van der Waals surface area contributed by atoms with Gasteiger partial charge in [0.2, 0.25) is 0 Å². The van der Waals surface area contributed by atoms with Crippen LogP contribution in [-0.4, -0.2) is 42.2 Å². The number of aromatic carboxylic acids is 1.